The van der Waals surface area contributed by atoms with Crippen molar-refractivity contribution in [3.63, 3.8) is 0 Å². The van der Waals surface area contributed by atoms with E-state index in [4.69, 9.17) is 4.74 Å². The van der Waals surface area contributed by atoms with Crippen molar-refractivity contribution in [2.75, 3.05) is 0 Å². The molecule has 0 N–H and O–H groups in total. The van der Waals surface area contributed by atoms with E-state index in [0.717, 1.165) is 16.0 Å². The monoisotopic (exact) mass is 374 g/mol. The zero-order valence-corrected chi connectivity index (χ0v) is 15.4. The first kappa shape index (κ1) is 16.5. The summed E-state index contributed by atoms with van der Waals surface area (Å²) >= 11 is 1.61. The molecule has 1 unspecified atom stereocenters. The molecule has 2 heterocycles. The van der Waals surface area contributed by atoms with Crippen LogP contribution in [0.2, 0.25) is 0 Å². The molecule has 0 amide bonds. The highest BCUT2D eigenvalue weighted by molar-refractivity contribution is 7.10. The van der Waals surface area contributed by atoms with Gasteiger partial charge in [-0.2, -0.15) is 0 Å². The third-order valence-corrected chi connectivity index (χ3v) is 6.91. The van der Waals surface area contributed by atoms with Crippen molar-refractivity contribution in [3.05, 3.63) is 88.1 Å². The smallest absolute Gasteiger partial charge is 0.323 e. The minimum absolute atomic E-state index is 0.199. The van der Waals surface area contributed by atoms with Crippen molar-refractivity contribution in [3.8, 4) is 5.75 Å². The first-order valence-corrected chi connectivity index (χ1v) is 10.0. The average Bonchev–Trinajstić information content (AvgIpc) is 3.32. The van der Waals surface area contributed by atoms with Crippen LogP contribution in [0.3, 0.4) is 0 Å². The number of ether oxygens (including phenoxy) is 1. The van der Waals surface area contributed by atoms with Gasteiger partial charge in [0.1, 0.15) is 16.9 Å². The number of carbonyl (C=O) groups is 2. The van der Waals surface area contributed by atoms with E-state index in [2.05, 4.69) is 0 Å². The molecule has 4 heteroatoms. The van der Waals surface area contributed by atoms with E-state index >= 15 is 0 Å². The molecule has 1 fully saturated rings. The highest BCUT2D eigenvalue weighted by Gasteiger charge is 2.62. The third-order valence-electron chi connectivity index (χ3n) is 5.92. The number of carbonyl (C=O) groups excluding carboxylic acids is 2. The van der Waals surface area contributed by atoms with Gasteiger partial charge in [0, 0.05) is 35.1 Å². The second-order valence-corrected chi connectivity index (χ2v) is 8.21. The van der Waals surface area contributed by atoms with Crippen molar-refractivity contribution in [1.82, 2.24) is 0 Å². The summed E-state index contributed by atoms with van der Waals surface area (Å²) in [7, 11) is 0. The zero-order valence-electron chi connectivity index (χ0n) is 14.6. The number of thiophene rings is 1. The minimum Gasteiger partial charge on any atom is -0.426 e. The summed E-state index contributed by atoms with van der Waals surface area (Å²) < 4.78 is 5.77. The standard InChI is InChI=1S/C23H18O3S/c24-16-13-18(15-7-2-1-3-8-15)23(19(14-16)21-11-6-12-27-21)17-9-4-5-10-20(17)26-22(23)25/h1-12,18-19H,13-14H2/t18-,19-,23?/m1/s1. The van der Waals surface area contributed by atoms with Crippen molar-refractivity contribution in [1.29, 1.82) is 0 Å². The predicted octanol–water partition coefficient (Wildman–Crippen LogP) is 4.84. The topological polar surface area (TPSA) is 43.4 Å². The van der Waals surface area contributed by atoms with Gasteiger partial charge in [0.05, 0.1) is 0 Å². The number of rotatable bonds is 2. The van der Waals surface area contributed by atoms with Gasteiger partial charge in [-0.05, 0) is 23.1 Å². The molecule has 1 spiro atoms. The van der Waals surface area contributed by atoms with Crippen LogP contribution in [-0.4, -0.2) is 11.8 Å². The maximum atomic E-state index is 13.5. The fraction of sp³-hybridized carbons (Fsp3) is 0.217. The molecule has 0 bridgehead atoms. The number of benzene rings is 2. The number of esters is 1. The summed E-state index contributed by atoms with van der Waals surface area (Å²) in [4.78, 5) is 27.3. The van der Waals surface area contributed by atoms with Crippen molar-refractivity contribution < 1.29 is 14.3 Å². The summed E-state index contributed by atoms with van der Waals surface area (Å²) in [6.07, 6.45) is 0.725. The van der Waals surface area contributed by atoms with Gasteiger partial charge in [-0.3, -0.25) is 9.59 Å². The lowest BCUT2D eigenvalue weighted by molar-refractivity contribution is -0.142. The lowest BCUT2D eigenvalue weighted by Gasteiger charge is -2.44. The van der Waals surface area contributed by atoms with Gasteiger partial charge in [0.15, 0.2) is 0 Å². The molecule has 2 aromatic carbocycles. The van der Waals surface area contributed by atoms with Gasteiger partial charge in [0.2, 0.25) is 0 Å². The van der Waals surface area contributed by atoms with E-state index in [1.54, 1.807) is 11.3 Å². The van der Waals surface area contributed by atoms with Crippen molar-refractivity contribution >= 4 is 23.1 Å². The molecule has 27 heavy (non-hydrogen) atoms. The normalized spacial score (nSPS) is 26.8. The largest absolute Gasteiger partial charge is 0.426 e. The molecular formula is C23H18O3S. The molecule has 3 nitrogen and oxygen atoms in total. The molecule has 0 radical (unpaired) electrons. The summed E-state index contributed by atoms with van der Waals surface area (Å²) in [5, 5.41) is 2.01. The molecule has 1 aliphatic heterocycles. The summed E-state index contributed by atoms with van der Waals surface area (Å²) in [6.45, 7) is 0. The number of hydrogen-bond acceptors (Lipinski definition) is 4. The lowest BCUT2D eigenvalue weighted by atomic mass is 9.55. The van der Waals surface area contributed by atoms with Crippen LogP contribution in [0.25, 0.3) is 0 Å². The molecule has 1 aromatic heterocycles. The van der Waals surface area contributed by atoms with Crippen molar-refractivity contribution in [2.24, 2.45) is 0 Å². The summed E-state index contributed by atoms with van der Waals surface area (Å²) in [5.74, 6) is 0.149. The van der Waals surface area contributed by atoms with Crippen LogP contribution < -0.4 is 4.74 Å². The van der Waals surface area contributed by atoms with Crippen LogP contribution in [0.15, 0.2) is 72.1 Å². The SMILES string of the molecule is O=C1C[C@H](c2ccccc2)C2(C(=O)Oc3ccccc32)[C@@H](c2cccs2)C1. The van der Waals surface area contributed by atoms with E-state index < -0.39 is 5.41 Å². The van der Waals surface area contributed by atoms with E-state index in [1.807, 2.05) is 72.1 Å². The highest BCUT2D eigenvalue weighted by Crippen LogP contribution is 2.60. The molecule has 3 atom stereocenters. The molecular weight excluding hydrogens is 356 g/mol. The second kappa shape index (κ2) is 6.17. The number of Topliss-reactive ketones (excluding diaryl/α,β-unsaturated/α-hetero) is 1. The molecule has 0 saturated heterocycles. The Morgan fingerprint density at radius 3 is 2.37 bits per heavy atom. The Morgan fingerprint density at radius 1 is 0.852 bits per heavy atom. The minimum atomic E-state index is -0.864. The van der Waals surface area contributed by atoms with Crippen LogP contribution in [0.5, 0.6) is 5.75 Å². The van der Waals surface area contributed by atoms with E-state index in [1.165, 1.54) is 0 Å². The van der Waals surface area contributed by atoms with E-state index in [0.29, 0.717) is 18.6 Å². The van der Waals surface area contributed by atoms with Gasteiger partial charge in [0.25, 0.3) is 0 Å². The van der Waals surface area contributed by atoms with Crippen LogP contribution in [0, 0.1) is 0 Å². The fourth-order valence-electron chi connectivity index (χ4n) is 4.84. The number of para-hydroxylation sites is 1. The molecule has 2 aliphatic rings. The average molecular weight is 374 g/mol. The Kier molecular flexibility index (Phi) is 3.76. The van der Waals surface area contributed by atoms with E-state index in [9.17, 15) is 9.59 Å². The second-order valence-electron chi connectivity index (χ2n) is 7.23. The number of ketones is 1. The fourth-order valence-corrected chi connectivity index (χ4v) is 5.74. The van der Waals surface area contributed by atoms with Crippen LogP contribution in [0.4, 0.5) is 0 Å². The third kappa shape index (κ3) is 2.33. The lowest BCUT2D eigenvalue weighted by Crippen LogP contribution is -2.49. The van der Waals surface area contributed by atoms with Gasteiger partial charge < -0.3 is 4.74 Å². The summed E-state index contributed by atoms with van der Waals surface area (Å²) in [6, 6.07) is 21.6. The van der Waals surface area contributed by atoms with Gasteiger partial charge >= 0.3 is 5.97 Å². The van der Waals surface area contributed by atoms with Gasteiger partial charge in [-0.1, -0.05) is 54.6 Å². The Morgan fingerprint density at radius 2 is 1.59 bits per heavy atom. The molecule has 3 aromatic rings. The van der Waals surface area contributed by atoms with Gasteiger partial charge in [-0.15, -0.1) is 11.3 Å². The Hall–Kier alpha value is -2.72. The number of fused-ring (bicyclic) bond motifs is 2. The van der Waals surface area contributed by atoms with Crippen LogP contribution in [0.1, 0.15) is 40.7 Å². The number of hydrogen-bond donors (Lipinski definition) is 0. The van der Waals surface area contributed by atoms with Crippen molar-refractivity contribution in [2.45, 2.75) is 30.1 Å². The van der Waals surface area contributed by atoms with Crippen LogP contribution >= 0.6 is 11.3 Å². The quantitative estimate of drug-likeness (QED) is 0.476. The van der Waals surface area contributed by atoms with E-state index in [-0.39, 0.29) is 23.6 Å². The first-order valence-electron chi connectivity index (χ1n) is 9.13. The Balaban J connectivity index is 1.80. The molecule has 134 valence electrons. The molecule has 1 saturated carbocycles. The predicted molar refractivity (Wildman–Crippen MR) is 104 cm³/mol. The maximum Gasteiger partial charge on any atom is 0.323 e. The highest BCUT2D eigenvalue weighted by atomic mass is 32.1. The zero-order chi connectivity index (χ0) is 18.4. The van der Waals surface area contributed by atoms with Crippen LogP contribution in [-0.2, 0) is 15.0 Å². The van der Waals surface area contributed by atoms with Gasteiger partial charge in [-0.25, -0.2) is 0 Å². The Labute approximate surface area is 161 Å². The molecule has 1 aliphatic carbocycles. The first-order chi connectivity index (χ1) is 13.2. The molecule has 5 rings (SSSR count). The Bertz CT molecular complexity index is 1010. The maximum absolute atomic E-state index is 13.5. The summed E-state index contributed by atoms with van der Waals surface area (Å²) in [5.41, 5.74) is 1.06.